The van der Waals surface area contributed by atoms with Gasteiger partial charge in [0.2, 0.25) is 5.28 Å². The van der Waals surface area contributed by atoms with E-state index >= 15 is 0 Å². The standard InChI is InChI=1S/C14H10ClF4N3O/c1-22-10(6-23-11-5-20-13(15)21-12(11)22)8-4-7(16)2-3-9(8)14(17,18)19/h2-5,10H,6H2,1H3. The summed E-state index contributed by atoms with van der Waals surface area (Å²) in [4.78, 5) is 9.19. The molecule has 3 rings (SSSR count). The van der Waals surface area contributed by atoms with Crippen molar-refractivity contribution in [2.24, 2.45) is 0 Å². The zero-order valence-electron chi connectivity index (χ0n) is 11.7. The van der Waals surface area contributed by atoms with E-state index in [9.17, 15) is 17.6 Å². The van der Waals surface area contributed by atoms with E-state index in [0.29, 0.717) is 5.75 Å². The van der Waals surface area contributed by atoms with Gasteiger partial charge in [0.15, 0.2) is 11.6 Å². The van der Waals surface area contributed by atoms with Crippen LogP contribution in [0.2, 0.25) is 5.28 Å². The first-order valence-corrected chi connectivity index (χ1v) is 6.90. The highest BCUT2D eigenvalue weighted by atomic mass is 35.5. The Kier molecular flexibility index (Phi) is 3.79. The van der Waals surface area contributed by atoms with Crippen LogP contribution in [0.1, 0.15) is 17.2 Å². The molecular formula is C14H10ClF4N3O. The molecule has 4 nitrogen and oxygen atoms in total. The molecule has 0 saturated heterocycles. The summed E-state index contributed by atoms with van der Waals surface area (Å²) in [6, 6.07) is 1.51. The quantitative estimate of drug-likeness (QED) is 0.580. The average Bonchev–Trinajstić information content (AvgIpc) is 2.47. The molecule has 1 aliphatic heterocycles. The van der Waals surface area contributed by atoms with Crippen molar-refractivity contribution in [3.63, 3.8) is 0 Å². The summed E-state index contributed by atoms with van der Waals surface area (Å²) >= 11 is 5.72. The van der Waals surface area contributed by atoms with Crippen molar-refractivity contribution in [2.75, 3.05) is 18.6 Å². The summed E-state index contributed by atoms with van der Waals surface area (Å²) in [6.45, 7) is -0.0962. The van der Waals surface area contributed by atoms with Gasteiger partial charge >= 0.3 is 6.18 Å². The van der Waals surface area contributed by atoms with E-state index in [1.54, 1.807) is 7.05 Å². The third-order valence-corrected chi connectivity index (χ3v) is 3.77. The van der Waals surface area contributed by atoms with Gasteiger partial charge in [-0.1, -0.05) is 0 Å². The highest BCUT2D eigenvalue weighted by Gasteiger charge is 2.38. The molecule has 1 atom stereocenters. The fourth-order valence-electron chi connectivity index (χ4n) is 2.49. The number of hydrogen-bond donors (Lipinski definition) is 0. The number of fused-ring (bicyclic) bond motifs is 1. The van der Waals surface area contributed by atoms with Crippen molar-refractivity contribution in [1.82, 2.24) is 9.97 Å². The normalized spacial score (nSPS) is 17.7. The molecular weight excluding hydrogens is 338 g/mol. The number of aromatic nitrogens is 2. The number of anilines is 1. The summed E-state index contributed by atoms with van der Waals surface area (Å²) in [6.07, 6.45) is -3.26. The maximum atomic E-state index is 13.5. The second-order valence-corrected chi connectivity index (χ2v) is 5.33. The van der Waals surface area contributed by atoms with E-state index in [-0.39, 0.29) is 23.3 Å². The summed E-state index contributed by atoms with van der Waals surface area (Å²) in [7, 11) is 1.54. The maximum absolute atomic E-state index is 13.5. The molecule has 1 unspecified atom stereocenters. The molecule has 9 heteroatoms. The van der Waals surface area contributed by atoms with E-state index in [2.05, 4.69) is 9.97 Å². The minimum absolute atomic E-state index is 0.0601. The molecule has 2 heterocycles. The minimum atomic E-state index is -4.60. The molecule has 23 heavy (non-hydrogen) atoms. The van der Waals surface area contributed by atoms with Crippen molar-refractivity contribution < 1.29 is 22.3 Å². The molecule has 0 spiro atoms. The smallest absolute Gasteiger partial charge is 0.416 e. The Hall–Kier alpha value is -2.09. The molecule has 1 aromatic heterocycles. The molecule has 122 valence electrons. The van der Waals surface area contributed by atoms with Gasteiger partial charge in [-0.3, -0.25) is 0 Å². The monoisotopic (exact) mass is 347 g/mol. The first-order valence-electron chi connectivity index (χ1n) is 6.52. The van der Waals surface area contributed by atoms with E-state index in [1.807, 2.05) is 0 Å². The predicted molar refractivity (Wildman–Crippen MR) is 75.1 cm³/mol. The SMILES string of the molecule is CN1c2nc(Cl)ncc2OCC1c1cc(F)ccc1C(F)(F)F. The summed E-state index contributed by atoms with van der Waals surface area (Å²) < 4.78 is 58.5. The lowest BCUT2D eigenvalue weighted by atomic mass is 9.98. The summed E-state index contributed by atoms with van der Waals surface area (Å²) in [5.41, 5.74) is -1.14. The van der Waals surface area contributed by atoms with Crippen LogP contribution >= 0.6 is 11.6 Å². The Labute approximate surface area is 133 Å². The van der Waals surface area contributed by atoms with Gasteiger partial charge in [0.25, 0.3) is 0 Å². The Morgan fingerprint density at radius 2 is 2.09 bits per heavy atom. The van der Waals surface area contributed by atoms with Gasteiger partial charge in [0.05, 0.1) is 17.8 Å². The number of rotatable bonds is 1. The van der Waals surface area contributed by atoms with Crippen LogP contribution in [0.5, 0.6) is 5.75 Å². The first-order chi connectivity index (χ1) is 10.8. The number of nitrogens with zero attached hydrogens (tertiary/aromatic N) is 3. The summed E-state index contributed by atoms with van der Waals surface area (Å²) in [5, 5.41) is -0.0601. The maximum Gasteiger partial charge on any atom is 0.416 e. The second kappa shape index (κ2) is 5.52. The Morgan fingerprint density at radius 1 is 1.35 bits per heavy atom. The number of ether oxygens (including phenoxy) is 1. The Bertz CT molecular complexity index is 753. The van der Waals surface area contributed by atoms with Crippen molar-refractivity contribution in [1.29, 1.82) is 0 Å². The van der Waals surface area contributed by atoms with Gasteiger partial charge in [-0.15, -0.1) is 0 Å². The zero-order valence-corrected chi connectivity index (χ0v) is 12.5. The molecule has 1 aromatic carbocycles. The van der Waals surface area contributed by atoms with Crippen molar-refractivity contribution >= 4 is 17.4 Å². The first kappa shape index (κ1) is 15.8. The van der Waals surface area contributed by atoms with Crippen LogP contribution in [0.25, 0.3) is 0 Å². The molecule has 0 fully saturated rings. The van der Waals surface area contributed by atoms with Crippen LogP contribution < -0.4 is 9.64 Å². The number of hydrogen-bond acceptors (Lipinski definition) is 4. The minimum Gasteiger partial charge on any atom is -0.486 e. The predicted octanol–water partition coefficient (Wildman–Crippen LogP) is 3.86. The van der Waals surface area contributed by atoms with E-state index in [1.165, 1.54) is 11.1 Å². The van der Waals surface area contributed by atoms with Gasteiger partial charge in [-0.25, -0.2) is 9.37 Å². The van der Waals surface area contributed by atoms with E-state index < -0.39 is 23.6 Å². The molecule has 0 saturated carbocycles. The number of alkyl halides is 3. The molecule has 2 aromatic rings. The van der Waals surface area contributed by atoms with E-state index in [0.717, 1.165) is 18.2 Å². The molecule has 0 bridgehead atoms. The molecule has 0 N–H and O–H groups in total. The topological polar surface area (TPSA) is 38.2 Å². The van der Waals surface area contributed by atoms with Gasteiger partial charge in [-0.05, 0) is 35.4 Å². The van der Waals surface area contributed by atoms with Crippen LogP contribution in [0, 0.1) is 5.82 Å². The van der Waals surface area contributed by atoms with Crippen molar-refractivity contribution in [3.05, 3.63) is 46.6 Å². The lowest BCUT2D eigenvalue weighted by molar-refractivity contribution is -0.138. The van der Waals surface area contributed by atoms with Crippen LogP contribution in [0.15, 0.2) is 24.4 Å². The highest BCUT2D eigenvalue weighted by molar-refractivity contribution is 6.28. The fourth-order valence-corrected chi connectivity index (χ4v) is 2.62. The Balaban J connectivity index is 2.08. The molecule has 0 amide bonds. The van der Waals surface area contributed by atoms with E-state index in [4.69, 9.17) is 16.3 Å². The van der Waals surface area contributed by atoms with Gasteiger partial charge in [0, 0.05) is 7.05 Å². The number of likely N-dealkylation sites (N-methyl/N-ethyl adjacent to an activating group) is 1. The summed E-state index contributed by atoms with van der Waals surface area (Å²) in [5.74, 6) is -0.204. The van der Waals surface area contributed by atoms with Crippen molar-refractivity contribution in [2.45, 2.75) is 12.2 Å². The van der Waals surface area contributed by atoms with Crippen molar-refractivity contribution in [3.8, 4) is 5.75 Å². The van der Waals surface area contributed by atoms with Crippen LogP contribution in [0.4, 0.5) is 23.4 Å². The third-order valence-electron chi connectivity index (χ3n) is 3.58. The highest BCUT2D eigenvalue weighted by Crippen LogP contribution is 2.41. The van der Waals surface area contributed by atoms with Crippen LogP contribution in [0.3, 0.4) is 0 Å². The number of halogens is 5. The van der Waals surface area contributed by atoms with Crippen LogP contribution in [-0.2, 0) is 6.18 Å². The molecule has 1 aliphatic rings. The average molecular weight is 348 g/mol. The lowest BCUT2D eigenvalue weighted by Gasteiger charge is -2.35. The van der Waals surface area contributed by atoms with Gasteiger partial charge < -0.3 is 9.64 Å². The zero-order chi connectivity index (χ0) is 16.8. The number of benzene rings is 1. The molecule has 0 radical (unpaired) electrons. The lowest BCUT2D eigenvalue weighted by Crippen LogP contribution is -2.35. The Morgan fingerprint density at radius 3 is 2.78 bits per heavy atom. The fraction of sp³-hybridized carbons (Fsp3) is 0.286. The van der Waals surface area contributed by atoms with Gasteiger partial charge in [0.1, 0.15) is 12.4 Å². The largest absolute Gasteiger partial charge is 0.486 e. The second-order valence-electron chi connectivity index (χ2n) is 4.99. The third kappa shape index (κ3) is 2.90. The van der Waals surface area contributed by atoms with Gasteiger partial charge in [-0.2, -0.15) is 18.2 Å². The van der Waals surface area contributed by atoms with Crippen LogP contribution in [-0.4, -0.2) is 23.6 Å². The molecule has 0 aliphatic carbocycles.